The number of nitrogens with zero attached hydrogens (tertiary/aromatic N) is 1. The van der Waals surface area contributed by atoms with Crippen molar-refractivity contribution >= 4 is 0 Å². The monoisotopic (exact) mass is 248 g/mol. The summed E-state index contributed by atoms with van der Waals surface area (Å²) in [5.41, 5.74) is 7.71. The van der Waals surface area contributed by atoms with E-state index in [1.807, 2.05) is 0 Å². The zero-order chi connectivity index (χ0) is 12.4. The van der Waals surface area contributed by atoms with Crippen LogP contribution in [0, 0.1) is 23.2 Å². The predicted octanol–water partition coefficient (Wildman–Crippen LogP) is 2.63. The van der Waals surface area contributed by atoms with Crippen molar-refractivity contribution in [1.29, 1.82) is 0 Å². The minimum absolute atomic E-state index is 0.176. The summed E-state index contributed by atoms with van der Waals surface area (Å²) in [4.78, 5) is 2.46. The van der Waals surface area contributed by atoms with Crippen LogP contribution in [0.3, 0.4) is 0 Å². The highest BCUT2D eigenvalue weighted by atomic mass is 15.1. The van der Waals surface area contributed by atoms with Crippen molar-refractivity contribution in [3.05, 3.63) is 0 Å². The van der Waals surface area contributed by atoms with Crippen LogP contribution in [0.2, 0.25) is 0 Å². The summed E-state index contributed by atoms with van der Waals surface area (Å²) in [6.45, 7) is 2.44. The molecular formula is C16H28N2. The van der Waals surface area contributed by atoms with E-state index in [2.05, 4.69) is 11.9 Å². The van der Waals surface area contributed by atoms with Crippen molar-refractivity contribution in [2.24, 2.45) is 28.9 Å². The molecule has 5 fully saturated rings. The Labute approximate surface area is 111 Å². The second kappa shape index (κ2) is 3.73. The quantitative estimate of drug-likeness (QED) is 0.773. The van der Waals surface area contributed by atoms with Gasteiger partial charge in [-0.3, -0.25) is 0 Å². The Morgan fingerprint density at radius 3 is 1.78 bits per heavy atom. The predicted molar refractivity (Wildman–Crippen MR) is 74.3 cm³/mol. The van der Waals surface area contributed by atoms with Gasteiger partial charge in [0.15, 0.2) is 0 Å². The minimum Gasteiger partial charge on any atom is -0.325 e. The Bertz CT molecular complexity index is 306. The molecule has 0 spiro atoms. The third-order valence-corrected chi connectivity index (χ3v) is 6.97. The number of rotatable bonds is 1. The first-order chi connectivity index (χ1) is 8.59. The average Bonchev–Trinajstić information content (AvgIpc) is 2.31. The first kappa shape index (κ1) is 11.7. The molecule has 0 aromatic heterocycles. The third kappa shape index (κ3) is 1.54. The lowest BCUT2D eigenvalue weighted by atomic mass is 9.43. The van der Waals surface area contributed by atoms with Gasteiger partial charge in [0, 0.05) is 5.54 Å². The van der Waals surface area contributed by atoms with E-state index < -0.39 is 0 Å². The molecule has 0 aromatic carbocycles. The molecule has 18 heavy (non-hydrogen) atoms. The molecule has 0 aromatic rings. The smallest absolute Gasteiger partial charge is 0.0236 e. The standard InChI is InChI=1S/C16H28N2/c1-18-4-2-16(17,3-5-18)15-9-12-6-13(10-15)8-14(7-12)11-15/h12-14H,2-11,17H2,1H3. The summed E-state index contributed by atoms with van der Waals surface area (Å²) in [6, 6.07) is 0. The molecule has 0 unspecified atom stereocenters. The van der Waals surface area contributed by atoms with E-state index in [1.165, 1.54) is 64.5 Å². The molecule has 5 aliphatic rings. The fraction of sp³-hybridized carbons (Fsp3) is 1.00. The first-order valence-corrected chi connectivity index (χ1v) is 8.06. The maximum absolute atomic E-state index is 6.99. The van der Waals surface area contributed by atoms with Gasteiger partial charge < -0.3 is 10.6 Å². The van der Waals surface area contributed by atoms with Crippen LogP contribution in [-0.2, 0) is 0 Å². The fourth-order valence-electron chi connectivity index (χ4n) is 6.27. The molecule has 0 radical (unpaired) electrons. The van der Waals surface area contributed by atoms with Gasteiger partial charge in [0.2, 0.25) is 0 Å². The van der Waals surface area contributed by atoms with E-state index in [0.29, 0.717) is 5.41 Å². The van der Waals surface area contributed by atoms with E-state index in [1.54, 1.807) is 0 Å². The second-order valence-electron chi connectivity index (χ2n) is 8.16. The topological polar surface area (TPSA) is 29.3 Å². The summed E-state index contributed by atoms with van der Waals surface area (Å²) in [6.07, 6.45) is 11.5. The van der Waals surface area contributed by atoms with Gasteiger partial charge in [-0.25, -0.2) is 0 Å². The Hall–Kier alpha value is -0.0800. The molecule has 2 nitrogen and oxygen atoms in total. The van der Waals surface area contributed by atoms with Gasteiger partial charge in [-0.05, 0) is 94.7 Å². The molecular weight excluding hydrogens is 220 g/mol. The van der Waals surface area contributed by atoms with Crippen molar-refractivity contribution in [1.82, 2.24) is 4.90 Å². The summed E-state index contributed by atoms with van der Waals surface area (Å²) in [7, 11) is 2.25. The Balaban J connectivity index is 1.63. The number of piperidine rings is 1. The highest BCUT2D eigenvalue weighted by Gasteiger charge is 2.59. The summed E-state index contributed by atoms with van der Waals surface area (Å²) < 4.78 is 0. The van der Waals surface area contributed by atoms with Crippen molar-refractivity contribution in [2.75, 3.05) is 20.1 Å². The zero-order valence-corrected chi connectivity index (χ0v) is 11.8. The normalized spacial score (nSPS) is 50.7. The van der Waals surface area contributed by atoms with Crippen LogP contribution in [0.25, 0.3) is 0 Å². The lowest BCUT2D eigenvalue weighted by molar-refractivity contribution is -0.110. The number of hydrogen-bond donors (Lipinski definition) is 1. The van der Waals surface area contributed by atoms with Crippen LogP contribution in [0.4, 0.5) is 0 Å². The van der Waals surface area contributed by atoms with Crippen molar-refractivity contribution in [3.63, 3.8) is 0 Å². The lowest BCUT2D eigenvalue weighted by Gasteiger charge is -2.64. The van der Waals surface area contributed by atoms with Crippen LogP contribution in [0.15, 0.2) is 0 Å². The Morgan fingerprint density at radius 1 is 0.889 bits per heavy atom. The van der Waals surface area contributed by atoms with Gasteiger partial charge in [-0.15, -0.1) is 0 Å². The summed E-state index contributed by atoms with van der Waals surface area (Å²) in [5, 5.41) is 0. The maximum atomic E-state index is 6.99. The van der Waals surface area contributed by atoms with E-state index >= 15 is 0 Å². The highest BCUT2D eigenvalue weighted by Crippen LogP contribution is 2.64. The summed E-state index contributed by atoms with van der Waals surface area (Å²) in [5.74, 6) is 3.11. The highest BCUT2D eigenvalue weighted by molar-refractivity contribution is 5.13. The molecule has 102 valence electrons. The molecule has 1 heterocycles. The average molecular weight is 248 g/mol. The van der Waals surface area contributed by atoms with Gasteiger partial charge in [0.05, 0.1) is 0 Å². The van der Waals surface area contributed by atoms with E-state index in [4.69, 9.17) is 5.73 Å². The molecule has 0 atom stereocenters. The van der Waals surface area contributed by atoms with Gasteiger partial charge in [-0.2, -0.15) is 0 Å². The van der Waals surface area contributed by atoms with Crippen LogP contribution in [0.5, 0.6) is 0 Å². The van der Waals surface area contributed by atoms with Crippen LogP contribution >= 0.6 is 0 Å². The molecule has 2 heteroatoms. The molecule has 2 N–H and O–H groups in total. The van der Waals surface area contributed by atoms with Crippen molar-refractivity contribution in [3.8, 4) is 0 Å². The van der Waals surface area contributed by atoms with Crippen molar-refractivity contribution < 1.29 is 0 Å². The number of nitrogens with two attached hydrogens (primary N) is 1. The number of hydrogen-bond acceptors (Lipinski definition) is 2. The molecule has 4 saturated carbocycles. The molecule has 1 aliphatic heterocycles. The third-order valence-electron chi connectivity index (χ3n) is 6.97. The molecule has 4 bridgehead atoms. The van der Waals surface area contributed by atoms with E-state index in [9.17, 15) is 0 Å². The summed E-state index contributed by atoms with van der Waals surface area (Å²) >= 11 is 0. The maximum Gasteiger partial charge on any atom is 0.0236 e. The first-order valence-electron chi connectivity index (χ1n) is 8.06. The Morgan fingerprint density at radius 2 is 1.33 bits per heavy atom. The molecule has 0 amide bonds. The van der Waals surface area contributed by atoms with Crippen LogP contribution in [-0.4, -0.2) is 30.6 Å². The minimum atomic E-state index is 0.176. The van der Waals surface area contributed by atoms with Gasteiger partial charge in [0.1, 0.15) is 0 Å². The Kier molecular flexibility index (Phi) is 2.43. The van der Waals surface area contributed by atoms with E-state index in [-0.39, 0.29) is 5.54 Å². The van der Waals surface area contributed by atoms with E-state index in [0.717, 1.165) is 17.8 Å². The van der Waals surface area contributed by atoms with Gasteiger partial charge in [0.25, 0.3) is 0 Å². The zero-order valence-electron chi connectivity index (χ0n) is 11.8. The lowest BCUT2D eigenvalue weighted by Crippen LogP contribution is -2.65. The van der Waals surface area contributed by atoms with Crippen LogP contribution < -0.4 is 5.73 Å². The van der Waals surface area contributed by atoms with Gasteiger partial charge >= 0.3 is 0 Å². The SMILES string of the molecule is CN1CCC(N)(C23CC4CC(CC(C4)C2)C3)CC1. The number of likely N-dealkylation sites (tertiary alicyclic amines) is 1. The van der Waals surface area contributed by atoms with Crippen molar-refractivity contribution in [2.45, 2.75) is 56.9 Å². The largest absolute Gasteiger partial charge is 0.325 e. The van der Waals surface area contributed by atoms with Gasteiger partial charge in [-0.1, -0.05) is 0 Å². The van der Waals surface area contributed by atoms with Crippen LogP contribution in [0.1, 0.15) is 51.4 Å². The molecule has 5 rings (SSSR count). The molecule has 4 aliphatic carbocycles. The second-order valence-corrected chi connectivity index (χ2v) is 8.16. The molecule has 1 saturated heterocycles. The fourth-order valence-corrected chi connectivity index (χ4v) is 6.27.